The Morgan fingerprint density at radius 3 is 2.29 bits per heavy atom. The van der Waals surface area contributed by atoms with Gasteiger partial charge in [-0.05, 0) is 30.3 Å². The number of benzene rings is 2. The Labute approximate surface area is 145 Å². The summed E-state index contributed by atoms with van der Waals surface area (Å²) >= 11 is 5.95. The lowest BCUT2D eigenvalue weighted by molar-refractivity contribution is 0.0713. The third-order valence-electron chi connectivity index (χ3n) is 4.42. The van der Waals surface area contributed by atoms with Gasteiger partial charge in [-0.2, -0.15) is 0 Å². The van der Waals surface area contributed by atoms with Crippen LogP contribution in [0.3, 0.4) is 0 Å². The highest BCUT2D eigenvalue weighted by Gasteiger charge is 2.27. The molecule has 2 aliphatic rings. The van der Waals surface area contributed by atoms with Crippen molar-refractivity contribution in [1.29, 1.82) is 0 Å². The van der Waals surface area contributed by atoms with Crippen LogP contribution < -0.4 is 4.90 Å². The van der Waals surface area contributed by atoms with E-state index in [1.54, 1.807) is 6.07 Å². The largest absolute Gasteiger partial charge is 0.421 e. The van der Waals surface area contributed by atoms with Crippen LogP contribution in [0.2, 0.25) is 5.02 Å². The van der Waals surface area contributed by atoms with Crippen molar-refractivity contribution in [3.63, 3.8) is 0 Å². The Morgan fingerprint density at radius 2 is 1.58 bits per heavy atom. The summed E-state index contributed by atoms with van der Waals surface area (Å²) in [5.41, 5.74) is 2.70. The molecule has 0 amide bonds. The summed E-state index contributed by atoms with van der Waals surface area (Å²) in [7, 11) is 0. The summed E-state index contributed by atoms with van der Waals surface area (Å²) in [6.45, 7) is 3.60. The van der Waals surface area contributed by atoms with Crippen molar-refractivity contribution in [3.8, 4) is 0 Å². The predicted molar refractivity (Wildman–Crippen MR) is 95.1 cm³/mol. The standard InChI is InChI=1S/C19H17ClN2O2/c20-14-5-7-15(8-6-14)22-11-9-21(10-12-22)13-18-16-3-1-2-4-17(16)19(23)24-18/h1-8,13H,9-12H2/b18-13-. The van der Waals surface area contributed by atoms with Gasteiger partial charge in [0.05, 0.1) is 5.56 Å². The van der Waals surface area contributed by atoms with Crippen molar-refractivity contribution in [2.45, 2.75) is 0 Å². The van der Waals surface area contributed by atoms with E-state index >= 15 is 0 Å². The third kappa shape index (κ3) is 2.85. The third-order valence-corrected chi connectivity index (χ3v) is 4.67. The van der Waals surface area contributed by atoms with Crippen LogP contribution in [0.5, 0.6) is 0 Å². The van der Waals surface area contributed by atoms with Crippen molar-refractivity contribution in [3.05, 3.63) is 70.9 Å². The molecule has 122 valence electrons. The Morgan fingerprint density at radius 1 is 0.917 bits per heavy atom. The molecule has 4 nitrogen and oxygen atoms in total. The number of carbonyl (C=O) groups excluding carboxylic acids is 1. The first-order valence-electron chi connectivity index (χ1n) is 7.99. The number of nitrogens with zero attached hydrogens (tertiary/aromatic N) is 2. The van der Waals surface area contributed by atoms with Crippen molar-refractivity contribution < 1.29 is 9.53 Å². The Hall–Kier alpha value is -2.46. The van der Waals surface area contributed by atoms with Gasteiger partial charge in [-0.3, -0.25) is 0 Å². The second-order valence-corrected chi connectivity index (χ2v) is 6.36. The van der Waals surface area contributed by atoms with Crippen LogP contribution in [0.25, 0.3) is 5.76 Å². The predicted octanol–water partition coefficient (Wildman–Crippen LogP) is 3.63. The maximum absolute atomic E-state index is 11.9. The Balaban J connectivity index is 1.45. The molecule has 0 saturated carbocycles. The summed E-state index contributed by atoms with van der Waals surface area (Å²) < 4.78 is 5.41. The first kappa shape index (κ1) is 15.1. The number of piperazine rings is 1. The van der Waals surface area contributed by atoms with E-state index in [4.69, 9.17) is 16.3 Å². The monoisotopic (exact) mass is 340 g/mol. The van der Waals surface area contributed by atoms with Crippen LogP contribution in [0.1, 0.15) is 15.9 Å². The minimum Gasteiger partial charge on any atom is -0.421 e. The van der Waals surface area contributed by atoms with Crippen LogP contribution in [-0.2, 0) is 4.74 Å². The van der Waals surface area contributed by atoms with Crippen LogP contribution in [0, 0.1) is 0 Å². The van der Waals surface area contributed by atoms with Gasteiger partial charge in [-0.25, -0.2) is 4.79 Å². The fourth-order valence-electron chi connectivity index (χ4n) is 3.11. The molecule has 1 saturated heterocycles. The SMILES string of the molecule is O=C1O/C(=C\N2CCN(c3ccc(Cl)cc3)CC2)c2ccccc21. The molecule has 1 fully saturated rings. The fourth-order valence-corrected chi connectivity index (χ4v) is 3.23. The molecule has 24 heavy (non-hydrogen) atoms. The number of anilines is 1. The summed E-state index contributed by atoms with van der Waals surface area (Å²) in [5, 5.41) is 0.754. The van der Waals surface area contributed by atoms with E-state index in [1.165, 1.54) is 5.69 Å². The minimum absolute atomic E-state index is 0.267. The van der Waals surface area contributed by atoms with Gasteiger partial charge in [0.15, 0.2) is 5.76 Å². The molecule has 0 aromatic heterocycles. The first-order chi connectivity index (χ1) is 11.7. The molecule has 2 aromatic rings. The van der Waals surface area contributed by atoms with E-state index < -0.39 is 0 Å². The van der Waals surface area contributed by atoms with E-state index in [0.29, 0.717) is 11.3 Å². The lowest BCUT2D eigenvalue weighted by Crippen LogP contribution is -2.44. The first-order valence-corrected chi connectivity index (χ1v) is 8.36. The topological polar surface area (TPSA) is 32.8 Å². The number of hydrogen-bond acceptors (Lipinski definition) is 4. The smallest absolute Gasteiger partial charge is 0.344 e. The number of halogens is 1. The second kappa shape index (κ2) is 6.21. The van der Waals surface area contributed by atoms with Gasteiger partial charge in [-0.15, -0.1) is 0 Å². The fraction of sp³-hybridized carbons (Fsp3) is 0.211. The van der Waals surface area contributed by atoms with Gasteiger partial charge in [0.2, 0.25) is 0 Å². The second-order valence-electron chi connectivity index (χ2n) is 5.93. The Kier molecular flexibility index (Phi) is 3.90. The van der Waals surface area contributed by atoms with E-state index in [0.717, 1.165) is 36.8 Å². The quantitative estimate of drug-likeness (QED) is 0.782. The zero-order valence-corrected chi connectivity index (χ0v) is 13.9. The van der Waals surface area contributed by atoms with Gasteiger partial charge < -0.3 is 14.5 Å². The van der Waals surface area contributed by atoms with Crippen molar-refractivity contribution >= 4 is 29.0 Å². The van der Waals surface area contributed by atoms with Crippen molar-refractivity contribution in [2.24, 2.45) is 0 Å². The highest BCUT2D eigenvalue weighted by atomic mass is 35.5. The number of esters is 1. The molecular weight excluding hydrogens is 324 g/mol. The highest BCUT2D eigenvalue weighted by Crippen LogP contribution is 2.30. The number of carbonyl (C=O) groups is 1. The molecule has 0 aliphatic carbocycles. The van der Waals surface area contributed by atoms with Crippen LogP contribution in [0.4, 0.5) is 5.69 Å². The average molecular weight is 341 g/mol. The molecule has 2 aromatic carbocycles. The molecule has 0 bridgehead atoms. The molecule has 0 atom stereocenters. The Bertz CT molecular complexity index is 793. The minimum atomic E-state index is -0.267. The van der Waals surface area contributed by atoms with Crippen molar-refractivity contribution in [1.82, 2.24) is 4.90 Å². The zero-order chi connectivity index (χ0) is 16.5. The number of rotatable bonds is 2. The summed E-state index contributed by atoms with van der Waals surface area (Å²) in [6.07, 6.45) is 1.96. The van der Waals surface area contributed by atoms with E-state index in [1.807, 2.05) is 48.7 Å². The van der Waals surface area contributed by atoms with E-state index in [2.05, 4.69) is 9.80 Å². The van der Waals surface area contributed by atoms with Crippen LogP contribution in [-0.4, -0.2) is 37.0 Å². The summed E-state index contributed by atoms with van der Waals surface area (Å²) in [6, 6.07) is 15.4. The van der Waals surface area contributed by atoms with Crippen molar-refractivity contribution in [2.75, 3.05) is 31.1 Å². The number of fused-ring (bicyclic) bond motifs is 1. The summed E-state index contributed by atoms with van der Waals surface area (Å²) in [4.78, 5) is 16.4. The molecule has 2 heterocycles. The number of ether oxygens (including phenoxy) is 1. The lowest BCUT2D eigenvalue weighted by atomic mass is 10.1. The number of hydrogen-bond donors (Lipinski definition) is 0. The molecule has 0 radical (unpaired) electrons. The van der Waals surface area contributed by atoms with E-state index in [-0.39, 0.29) is 5.97 Å². The molecular formula is C19H17ClN2O2. The molecule has 0 N–H and O–H groups in total. The maximum Gasteiger partial charge on any atom is 0.344 e. The maximum atomic E-state index is 11.9. The van der Waals surface area contributed by atoms with Crippen LogP contribution >= 0.6 is 11.6 Å². The summed E-state index contributed by atoms with van der Waals surface area (Å²) in [5.74, 6) is 0.382. The van der Waals surface area contributed by atoms with E-state index in [9.17, 15) is 4.79 Å². The normalized spacial score (nSPS) is 18.7. The van der Waals surface area contributed by atoms with Gasteiger partial charge in [0.1, 0.15) is 0 Å². The van der Waals surface area contributed by atoms with Gasteiger partial charge in [0.25, 0.3) is 0 Å². The van der Waals surface area contributed by atoms with Gasteiger partial charge in [0, 0.05) is 48.7 Å². The number of cyclic esters (lactones) is 1. The molecule has 5 heteroatoms. The molecule has 4 rings (SSSR count). The van der Waals surface area contributed by atoms with Gasteiger partial charge in [-0.1, -0.05) is 29.8 Å². The molecule has 0 unspecified atom stereocenters. The lowest BCUT2D eigenvalue weighted by Gasteiger charge is -2.35. The molecule has 0 spiro atoms. The van der Waals surface area contributed by atoms with Gasteiger partial charge >= 0.3 is 5.97 Å². The highest BCUT2D eigenvalue weighted by molar-refractivity contribution is 6.30. The average Bonchev–Trinajstić information content (AvgIpc) is 2.93. The molecule has 2 aliphatic heterocycles. The zero-order valence-electron chi connectivity index (χ0n) is 13.1. The van der Waals surface area contributed by atoms with Crippen LogP contribution in [0.15, 0.2) is 54.7 Å².